The monoisotopic (exact) mass is 289 g/mol. The summed E-state index contributed by atoms with van der Waals surface area (Å²) in [6.07, 6.45) is -6.81. The molecule has 3 atom stereocenters. The van der Waals surface area contributed by atoms with Gasteiger partial charge in [-0.2, -0.15) is 13.2 Å². The summed E-state index contributed by atoms with van der Waals surface area (Å²) < 4.78 is 37.8. The molecule has 0 bridgehead atoms. The zero-order valence-corrected chi connectivity index (χ0v) is 10.5. The van der Waals surface area contributed by atoms with Crippen molar-refractivity contribution in [1.82, 2.24) is 0 Å². The second kappa shape index (κ2) is 4.62. The quantitative estimate of drug-likeness (QED) is 0.499. The summed E-state index contributed by atoms with van der Waals surface area (Å²) in [7, 11) is 0. The first-order chi connectivity index (χ1) is 8.79. The first kappa shape index (κ1) is 14.0. The standard InChI is InChI=1S/C13H11ClF3NO/c14-12(5-6-18)7-10(12)8-3-1-2-4-9(8)11(19)13(15,16)17/h1-4,10-11,19H,7,18H2. The number of aliphatic hydroxyl groups is 1. The van der Waals surface area contributed by atoms with E-state index < -0.39 is 17.2 Å². The minimum absolute atomic E-state index is 0.179. The van der Waals surface area contributed by atoms with Gasteiger partial charge in [-0.05, 0) is 17.5 Å². The topological polar surface area (TPSA) is 46.2 Å². The van der Waals surface area contributed by atoms with Crippen molar-refractivity contribution in [3.8, 4) is 12.0 Å². The molecule has 102 valence electrons. The maximum Gasteiger partial charge on any atom is 0.418 e. The molecule has 0 aliphatic heterocycles. The molecule has 0 radical (unpaired) electrons. The summed E-state index contributed by atoms with van der Waals surface area (Å²) in [4.78, 5) is -0.920. The van der Waals surface area contributed by atoms with Crippen LogP contribution >= 0.6 is 11.6 Å². The lowest BCUT2D eigenvalue weighted by molar-refractivity contribution is -0.207. The Morgan fingerprint density at radius 1 is 1.42 bits per heavy atom. The van der Waals surface area contributed by atoms with Crippen LogP contribution < -0.4 is 5.73 Å². The number of aliphatic hydroxyl groups excluding tert-OH is 1. The number of benzene rings is 1. The van der Waals surface area contributed by atoms with E-state index in [2.05, 4.69) is 12.0 Å². The molecule has 1 aliphatic carbocycles. The summed E-state index contributed by atoms with van der Waals surface area (Å²) in [5.41, 5.74) is 5.27. The molecule has 2 nitrogen and oxygen atoms in total. The summed E-state index contributed by atoms with van der Waals surface area (Å²) in [5.74, 6) is 2.23. The summed E-state index contributed by atoms with van der Waals surface area (Å²) in [5, 5.41) is 9.39. The molecule has 0 amide bonds. The van der Waals surface area contributed by atoms with E-state index in [9.17, 15) is 18.3 Å². The van der Waals surface area contributed by atoms with E-state index in [1.807, 2.05) is 0 Å². The molecule has 1 aliphatic rings. The van der Waals surface area contributed by atoms with E-state index in [0.29, 0.717) is 12.0 Å². The van der Waals surface area contributed by atoms with Gasteiger partial charge in [-0.3, -0.25) is 0 Å². The van der Waals surface area contributed by atoms with Gasteiger partial charge >= 0.3 is 6.18 Å². The van der Waals surface area contributed by atoms with E-state index in [4.69, 9.17) is 17.3 Å². The van der Waals surface area contributed by atoms with E-state index in [-0.39, 0.29) is 11.5 Å². The molecule has 0 aromatic heterocycles. The zero-order valence-electron chi connectivity index (χ0n) is 9.71. The lowest BCUT2D eigenvalue weighted by Crippen LogP contribution is -2.21. The fourth-order valence-electron chi connectivity index (χ4n) is 2.11. The molecule has 0 saturated heterocycles. The van der Waals surface area contributed by atoms with Gasteiger partial charge in [0.2, 0.25) is 0 Å². The summed E-state index contributed by atoms with van der Waals surface area (Å²) in [6, 6.07) is 8.01. The van der Waals surface area contributed by atoms with Crippen LogP contribution in [0.25, 0.3) is 0 Å². The number of hydrogen-bond acceptors (Lipinski definition) is 2. The van der Waals surface area contributed by atoms with Gasteiger partial charge in [0.15, 0.2) is 6.10 Å². The Morgan fingerprint density at radius 2 is 2.05 bits per heavy atom. The predicted molar refractivity (Wildman–Crippen MR) is 65.4 cm³/mol. The predicted octanol–water partition coefficient (Wildman–Crippen LogP) is 2.67. The lowest BCUT2D eigenvalue weighted by Gasteiger charge is -2.18. The molecule has 3 unspecified atom stereocenters. The SMILES string of the molecule is NC#CC1(Cl)CC1c1ccccc1C(O)C(F)(F)F. The van der Waals surface area contributed by atoms with E-state index in [1.165, 1.54) is 18.2 Å². The molecule has 6 heteroatoms. The minimum atomic E-state index is -4.71. The first-order valence-electron chi connectivity index (χ1n) is 5.55. The highest BCUT2D eigenvalue weighted by molar-refractivity contribution is 6.29. The highest BCUT2D eigenvalue weighted by atomic mass is 35.5. The molecule has 0 spiro atoms. The number of alkyl halides is 4. The fourth-order valence-corrected chi connectivity index (χ4v) is 2.43. The van der Waals surface area contributed by atoms with Gasteiger partial charge in [0.25, 0.3) is 0 Å². The fraction of sp³-hybridized carbons (Fsp3) is 0.385. The Bertz CT molecular complexity index is 549. The van der Waals surface area contributed by atoms with Crippen LogP contribution in [0.4, 0.5) is 13.2 Å². The number of halogens is 4. The second-order valence-electron chi connectivity index (χ2n) is 4.46. The van der Waals surface area contributed by atoms with E-state index >= 15 is 0 Å². The van der Waals surface area contributed by atoms with Crippen molar-refractivity contribution in [3.63, 3.8) is 0 Å². The zero-order chi connectivity index (χ0) is 14.3. The van der Waals surface area contributed by atoms with Crippen molar-refractivity contribution in [2.45, 2.75) is 29.5 Å². The molecule has 3 N–H and O–H groups in total. The lowest BCUT2D eigenvalue weighted by atomic mass is 9.97. The van der Waals surface area contributed by atoms with Gasteiger partial charge < -0.3 is 10.8 Å². The molecular formula is C13H11ClF3NO. The third-order valence-electron chi connectivity index (χ3n) is 3.15. The Balaban J connectivity index is 2.36. The highest BCUT2D eigenvalue weighted by Crippen LogP contribution is 2.57. The van der Waals surface area contributed by atoms with Crippen molar-refractivity contribution < 1.29 is 18.3 Å². The van der Waals surface area contributed by atoms with Crippen LogP contribution in [0, 0.1) is 12.0 Å². The molecule has 1 aromatic rings. The molecular weight excluding hydrogens is 279 g/mol. The summed E-state index contributed by atoms with van der Waals surface area (Å²) in [6.45, 7) is 0. The Kier molecular flexibility index (Phi) is 3.41. The van der Waals surface area contributed by atoms with Gasteiger partial charge in [0, 0.05) is 12.0 Å². The highest BCUT2D eigenvalue weighted by Gasteiger charge is 2.55. The first-order valence-corrected chi connectivity index (χ1v) is 5.92. The van der Waals surface area contributed by atoms with Crippen molar-refractivity contribution in [1.29, 1.82) is 0 Å². The molecule has 1 aromatic carbocycles. The van der Waals surface area contributed by atoms with Crippen molar-refractivity contribution in [3.05, 3.63) is 35.4 Å². The third kappa shape index (κ3) is 2.65. The van der Waals surface area contributed by atoms with Crippen LogP contribution in [0.3, 0.4) is 0 Å². The van der Waals surface area contributed by atoms with E-state index in [1.54, 1.807) is 6.07 Å². The van der Waals surface area contributed by atoms with Crippen LogP contribution in [0.1, 0.15) is 29.6 Å². The van der Waals surface area contributed by atoms with Gasteiger partial charge in [-0.25, -0.2) is 0 Å². The van der Waals surface area contributed by atoms with Crippen LogP contribution in [-0.2, 0) is 0 Å². The Morgan fingerprint density at radius 3 is 2.63 bits per heavy atom. The van der Waals surface area contributed by atoms with Gasteiger partial charge in [-0.1, -0.05) is 30.2 Å². The van der Waals surface area contributed by atoms with Crippen molar-refractivity contribution >= 4 is 11.6 Å². The molecule has 1 fully saturated rings. The molecule has 19 heavy (non-hydrogen) atoms. The number of nitrogens with two attached hydrogens (primary N) is 1. The van der Waals surface area contributed by atoms with Crippen LogP contribution in [0.15, 0.2) is 24.3 Å². The smallest absolute Gasteiger partial charge is 0.379 e. The second-order valence-corrected chi connectivity index (χ2v) is 5.14. The molecule has 1 saturated carbocycles. The maximum atomic E-state index is 12.6. The Hall–Kier alpha value is -1.38. The van der Waals surface area contributed by atoms with Gasteiger partial charge in [0.05, 0.1) is 0 Å². The molecule has 2 rings (SSSR count). The third-order valence-corrected chi connectivity index (χ3v) is 3.66. The number of hydrogen-bond donors (Lipinski definition) is 2. The average molecular weight is 290 g/mol. The van der Waals surface area contributed by atoms with Gasteiger partial charge in [-0.15, -0.1) is 11.6 Å². The van der Waals surface area contributed by atoms with Gasteiger partial charge in [0.1, 0.15) is 4.87 Å². The maximum absolute atomic E-state index is 12.6. The Labute approximate surface area is 113 Å². The van der Waals surface area contributed by atoms with Crippen molar-refractivity contribution in [2.75, 3.05) is 0 Å². The van der Waals surface area contributed by atoms with E-state index in [0.717, 1.165) is 0 Å². The van der Waals surface area contributed by atoms with Crippen LogP contribution in [0.2, 0.25) is 0 Å². The van der Waals surface area contributed by atoms with Crippen LogP contribution in [0.5, 0.6) is 0 Å². The minimum Gasteiger partial charge on any atom is -0.379 e. The average Bonchev–Trinajstić information content (AvgIpc) is 2.99. The number of rotatable bonds is 2. The normalized spacial score (nSPS) is 27.3. The largest absolute Gasteiger partial charge is 0.418 e. The summed E-state index contributed by atoms with van der Waals surface area (Å²) >= 11 is 6.12. The van der Waals surface area contributed by atoms with Crippen molar-refractivity contribution in [2.24, 2.45) is 5.73 Å². The van der Waals surface area contributed by atoms with Crippen LogP contribution in [-0.4, -0.2) is 16.2 Å². The molecule has 0 heterocycles.